The Morgan fingerprint density at radius 1 is 1.35 bits per heavy atom. The van der Waals surface area contributed by atoms with Crippen LogP contribution in [0, 0.1) is 12.0 Å². The van der Waals surface area contributed by atoms with Gasteiger partial charge in [0.15, 0.2) is 0 Å². The van der Waals surface area contributed by atoms with Gasteiger partial charge in [0, 0.05) is 18.5 Å². The Labute approximate surface area is 129 Å². The van der Waals surface area contributed by atoms with E-state index >= 15 is 0 Å². The Balaban J connectivity index is 0.00000361. The Hall–Kier alpha value is -0.790. The average molecular weight is 302 g/mol. The summed E-state index contributed by atoms with van der Waals surface area (Å²) in [7, 11) is 0. The third-order valence-corrected chi connectivity index (χ3v) is 3.38. The Bertz CT molecular complexity index is 368. The first-order valence-corrected chi connectivity index (χ1v) is 7.06. The molecule has 5 heteroatoms. The molecule has 0 spiro atoms. The van der Waals surface area contributed by atoms with E-state index in [9.17, 15) is 4.79 Å². The van der Waals surface area contributed by atoms with Crippen LogP contribution in [-0.2, 0) is 4.79 Å². The van der Waals surface area contributed by atoms with Gasteiger partial charge in [0.25, 0.3) is 0 Å². The van der Waals surface area contributed by atoms with Crippen LogP contribution in [-0.4, -0.2) is 35.6 Å². The molecule has 4 nitrogen and oxygen atoms in total. The van der Waals surface area contributed by atoms with Crippen LogP contribution in [0.5, 0.6) is 0 Å². The minimum Gasteiger partial charge on any atom is -0.303 e. The summed E-state index contributed by atoms with van der Waals surface area (Å²) in [5.41, 5.74) is 0.160. The fourth-order valence-corrected chi connectivity index (χ4v) is 2.98. The van der Waals surface area contributed by atoms with E-state index in [0.29, 0.717) is 6.54 Å². The number of carbonyl (C=O) groups is 1. The molecule has 1 rings (SSSR count). The smallest absolute Gasteiger partial charge is 0.300 e. The van der Waals surface area contributed by atoms with Gasteiger partial charge < -0.3 is 5.32 Å². The minimum absolute atomic E-state index is 0. The molecule has 1 aliphatic rings. The lowest BCUT2D eigenvalue weighted by atomic mass is 9.82. The first kappa shape index (κ1) is 19.2. The standard InChI is InChI=1S/C15H27N3O.ClH/c1-14(2,3)11-15(4,5)17-10-13(19)18-9-7-8-12(18)16-6;/h12,17H,7-11H2,1-5H3;1H/t12-;/m0./s1. The summed E-state index contributed by atoms with van der Waals surface area (Å²) in [4.78, 5) is 17.4. The van der Waals surface area contributed by atoms with Gasteiger partial charge in [0.2, 0.25) is 5.91 Å². The van der Waals surface area contributed by atoms with E-state index in [2.05, 4.69) is 44.8 Å². The zero-order valence-electron chi connectivity index (χ0n) is 13.3. The molecule has 1 aliphatic heterocycles. The SMILES string of the molecule is Cl.[C-]#[N+][C@@H]1CCCN1C(=O)CNC(C)(C)CC(C)(C)C. The van der Waals surface area contributed by atoms with Gasteiger partial charge >= 0.3 is 6.17 Å². The monoisotopic (exact) mass is 301 g/mol. The molecular formula is C15H28ClN3O. The van der Waals surface area contributed by atoms with Crippen molar-refractivity contribution in [2.45, 2.75) is 65.6 Å². The Morgan fingerprint density at radius 2 is 1.95 bits per heavy atom. The number of rotatable bonds is 4. The predicted octanol–water partition coefficient (Wildman–Crippen LogP) is 3.08. The van der Waals surface area contributed by atoms with E-state index in [1.165, 1.54) is 0 Å². The molecule has 1 saturated heterocycles. The number of halogens is 1. The van der Waals surface area contributed by atoms with E-state index < -0.39 is 0 Å². The number of carbonyl (C=O) groups excluding carboxylic acids is 1. The lowest BCUT2D eigenvalue weighted by Crippen LogP contribution is -2.48. The molecule has 0 aliphatic carbocycles. The highest BCUT2D eigenvalue weighted by molar-refractivity contribution is 5.85. The van der Waals surface area contributed by atoms with Crippen LogP contribution in [0.2, 0.25) is 0 Å². The van der Waals surface area contributed by atoms with Crippen molar-refractivity contribution in [1.82, 2.24) is 10.2 Å². The summed E-state index contributed by atoms with van der Waals surface area (Å²) in [5.74, 6) is 0.0560. The third-order valence-electron chi connectivity index (χ3n) is 3.38. The summed E-state index contributed by atoms with van der Waals surface area (Å²) in [6, 6.07) is 0. The molecule has 1 N–H and O–H groups in total. The summed E-state index contributed by atoms with van der Waals surface area (Å²) >= 11 is 0. The zero-order valence-corrected chi connectivity index (χ0v) is 14.1. The van der Waals surface area contributed by atoms with Gasteiger partial charge in [-0.05, 0) is 32.1 Å². The molecule has 1 fully saturated rings. The van der Waals surface area contributed by atoms with Gasteiger partial charge in [-0.2, -0.15) is 0 Å². The van der Waals surface area contributed by atoms with Crippen molar-refractivity contribution < 1.29 is 4.79 Å². The van der Waals surface area contributed by atoms with Gasteiger partial charge in [-0.3, -0.25) is 14.5 Å². The quantitative estimate of drug-likeness (QED) is 0.810. The topological polar surface area (TPSA) is 36.7 Å². The van der Waals surface area contributed by atoms with Crippen LogP contribution in [0.3, 0.4) is 0 Å². The molecule has 0 saturated carbocycles. The second kappa shape index (κ2) is 7.28. The number of likely N-dealkylation sites (tertiary alicyclic amines) is 1. The third kappa shape index (κ3) is 6.11. The molecule has 0 aromatic carbocycles. The van der Waals surface area contributed by atoms with Crippen molar-refractivity contribution in [1.29, 1.82) is 0 Å². The predicted molar refractivity (Wildman–Crippen MR) is 84.7 cm³/mol. The van der Waals surface area contributed by atoms with Gasteiger partial charge in [0.1, 0.15) is 0 Å². The largest absolute Gasteiger partial charge is 0.303 e. The molecule has 1 heterocycles. The van der Waals surface area contributed by atoms with Crippen molar-refractivity contribution in [2.75, 3.05) is 13.1 Å². The van der Waals surface area contributed by atoms with Crippen LogP contribution in [0.15, 0.2) is 0 Å². The van der Waals surface area contributed by atoms with Crippen molar-refractivity contribution in [3.05, 3.63) is 11.4 Å². The second-order valence-corrected chi connectivity index (χ2v) is 7.31. The molecule has 116 valence electrons. The Morgan fingerprint density at radius 3 is 2.45 bits per heavy atom. The maximum Gasteiger partial charge on any atom is 0.300 e. The van der Waals surface area contributed by atoms with E-state index in [1.54, 1.807) is 4.90 Å². The summed E-state index contributed by atoms with van der Waals surface area (Å²) < 4.78 is 0. The normalized spacial score (nSPS) is 19.4. The molecular weight excluding hydrogens is 274 g/mol. The van der Waals surface area contributed by atoms with E-state index in [0.717, 1.165) is 25.8 Å². The van der Waals surface area contributed by atoms with Crippen LogP contribution in [0.1, 0.15) is 53.9 Å². The number of amides is 1. The van der Waals surface area contributed by atoms with E-state index in [1.807, 2.05) is 0 Å². The van der Waals surface area contributed by atoms with Crippen LogP contribution >= 0.6 is 12.4 Å². The maximum absolute atomic E-state index is 12.1. The van der Waals surface area contributed by atoms with Gasteiger partial charge in [0.05, 0.1) is 6.54 Å². The fraction of sp³-hybridized carbons (Fsp3) is 0.867. The zero-order chi connectivity index (χ0) is 14.7. The summed E-state index contributed by atoms with van der Waals surface area (Å²) in [6.45, 7) is 19.0. The maximum atomic E-state index is 12.1. The molecule has 20 heavy (non-hydrogen) atoms. The second-order valence-electron chi connectivity index (χ2n) is 7.31. The molecule has 0 unspecified atom stereocenters. The highest BCUT2D eigenvalue weighted by Gasteiger charge is 2.33. The van der Waals surface area contributed by atoms with Crippen LogP contribution in [0.4, 0.5) is 0 Å². The van der Waals surface area contributed by atoms with Gasteiger partial charge in [-0.25, -0.2) is 6.57 Å². The van der Waals surface area contributed by atoms with Crippen molar-refractivity contribution in [2.24, 2.45) is 5.41 Å². The van der Waals surface area contributed by atoms with Crippen molar-refractivity contribution >= 4 is 18.3 Å². The molecule has 1 atom stereocenters. The Kier molecular flexibility index (Phi) is 7.00. The summed E-state index contributed by atoms with van der Waals surface area (Å²) in [5, 5.41) is 3.34. The number of hydrogen-bond donors (Lipinski definition) is 1. The summed E-state index contributed by atoms with van der Waals surface area (Å²) in [6.07, 6.45) is 2.53. The highest BCUT2D eigenvalue weighted by atomic mass is 35.5. The van der Waals surface area contributed by atoms with Crippen LogP contribution in [0.25, 0.3) is 4.85 Å². The molecule has 0 radical (unpaired) electrons. The van der Waals surface area contributed by atoms with Crippen LogP contribution < -0.4 is 5.32 Å². The number of nitrogens with one attached hydrogen (secondary N) is 1. The number of nitrogens with zero attached hydrogens (tertiary/aromatic N) is 2. The molecule has 1 amide bonds. The average Bonchev–Trinajstić information content (AvgIpc) is 2.70. The first-order valence-electron chi connectivity index (χ1n) is 7.06. The molecule has 0 aromatic rings. The van der Waals surface area contributed by atoms with Gasteiger partial charge in [-0.1, -0.05) is 20.8 Å². The highest BCUT2D eigenvalue weighted by Crippen LogP contribution is 2.26. The first-order chi connectivity index (χ1) is 8.64. The van der Waals surface area contributed by atoms with Crippen molar-refractivity contribution in [3.63, 3.8) is 0 Å². The molecule has 0 aromatic heterocycles. The van der Waals surface area contributed by atoms with Gasteiger partial charge in [-0.15, -0.1) is 12.4 Å². The lowest BCUT2D eigenvalue weighted by molar-refractivity contribution is -0.130. The van der Waals surface area contributed by atoms with E-state index in [-0.39, 0.29) is 35.4 Å². The number of hydrogen-bond acceptors (Lipinski definition) is 2. The molecule has 0 bridgehead atoms. The van der Waals surface area contributed by atoms with Crippen molar-refractivity contribution in [3.8, 4) is 0 Å². The minimum atomic E-state index is -0.236. The lowest BCUT2D eigenvalue weighted by Gasteiger charge is -2.33. The van der Waals surface area contributed by atoms with E-state index in [4.69, 9.17) is 6.57 Å². The fourth-order valence-electron chi connectivity index (χ4n) is 2.98.